The van der Waals surface area contributed by atoms with Gasteiger partial charge in [0.15, 0.2) is 0 Å². The van der Waals surface area contributed by atoms with Crippen molar-refractivity contribution < 1.29 is 9.59 Å². The van der Waals surface area contributed by atoms with E-state index in [4.69, 9.17) is 0 Å². The molecule has 2 N–H and O–H groups in total. The van der Waals surface area contributed by atoms with Crippen LogP contribution >= 0.6 is 0 Å². The maximum Gasteiger partial charge on any atom is 0.260 e. The number of benzene rings is 1. The SMILES string of the molecule is Cc1cc(C)n(CC(=O)NNC(=O)CCc2ccc(C(C)(C)C)cc2)n1. The smallest absolute Gasteiger partial charge is 0.260 e. The fourth-order valence-electron chi connectivity index (χ4n) is 2.64. The Balaban J connectivity index is 1.75. The van der Waals surface area contributed by atoms with Crippen LogP contribution in [0.1, 0.15) is 49.7 Å². The molecule has 1 aromatic carbocycles. The van der Waals surface area contributed by atoms with Crippen molar-refractivity contribution in [1.29, 1.82) is 0 Å². The quantitative estimate of drug-likeness (QED) is 0.809. The molecule has 0 saturated heterocycles. The van der Waals surface area contributed by atoms with Crippen LogP contribution in [0.2, 0.25) is 0 Å². The van der Waals surface area contributed by atoms with E-state index in [9.17, 15) is 9.59 Å². The molecule has 0 aliphatic heterocycles. The highest BCUT2D eigenvalue weighted by Crippen LogP contribution is 2.22. The third kappa shape index (κ3) is 5.72. The second-order valence-corrected chi connectivity index (χ2v) is 7.63. The molecule has 0 aliphatic carbocycles. The van der Waals surface area contributed by atoms with E-state index >= 15 is 0 Å². The van der Waals surface area contributed by atoms with Gasteiger partial charge in [0.05, 0.1) is 5.69 Å². The zero-order valence-electron chi connectivity index (χ0n) is 16.2. The summed E-state index contributed by atoms with van der Waals surface area (Å²) < 4.78 is 1.60. The zero-order valence-corrected chi connectivity index (χ0v) is 16.2. The van der Waals surface area contributed by atoms with Gasteiger partial charge in [-0.2, -0.15) is 5.10 Å². The summed E-state index contributed by atoms with van der Waals surface area (Å²) in [7, 11) is 0. The van der Waals surface area contributed by atoms with Crippen LogP contribution in [0.25, 0.3) is 0 Å². The van der Waals surface area contributed by atoms with Crippen molar-refractivity contribution >= 4 is 11.8 Å². The number of nitrogens with one attached hydrogen (secondary N) is 2. The molecule has 26 heavy (non-hydrogen) atoms. The summed E-state index contributed by atoms with van der Waals surface area (Å²) in [4.78, 5) is 23.8. The Morgan fingerprint density at radius 3 is 2.19 bits per heavy atom. The van der Waals surface area contributed by atoms with Crippen LogP contribution in [0.15, 0.2) is 30.3 Å². The molecule has 6 nitrogen and oxygen atoms in total. The van der Waals surface area contributed by atoms with Gasteiger partial charge in [0.2, 0.25) is 5.91 Å². The molecule has 6 heteroatoms. The molecule has 0 unspecified atom stereocenters. The number of carbonyl (C=O) groups excluding carboxylic acids is 2. The number of hydrazine groups is 1. The van der Waals surface area contributed by atoms with Crippen molar-refractivity contribution in [3.05, 3.63) is 52.8 Å². The van der Waals surface area contributed by atoms with Crippen molar-refractivity contribution in [2.24, 2.45) is 0 Å². The number of hydrogen-bond acceptors (Lipinski definition) is 3. The van der Waals surface area contributed by atoms with Crippen molar-refractivity contribution in [1.82, 2.24) is 20.6 Å². The van der Waals surface area contributed by atoms with Gasteiger partial charge in [0, 0.05) is 12.1 Å². The topological polar surface area (TPSA) is 76.0 Å². The van der Waals surface area contributed by atoms with Gasteiger partial charge in [0.1, 0.15) is 6.54 Å². The Morgan fingerprint density at radius 2 is 1.65 bits per heavy atom. The molecular formula is C20H28N4O2. The molecule has 2 amide bonds. The van der Waals surface area contributed by atoms with Crippen LogP contribution in [0, 0.1) is 13.8 Å². The first kappa shape index (κ1) is 19.7. The van der Waals surface area contributed by atoms with Gasteiger partial charge in [-0.1, -0.05) is 45.0 Å². The number of rotatable bonds is 5. The molecule has 0 spiro atoms. The Labute approximate surface area is 155 Å². The predicted molar refractivity (Wildman–Crippen MR) is 101 cm³/mol. The summed E-state index contributed by atoms with van der Waals surface area (Å²) in [6.07, 6.45) is 0.943. The fraction of sp³-hybridized carbons (Fsp3) is 0.450. The van der Waals surface area contributed by atoms with Crippen LogP contribution in [0.4, 0.5) is 0 Å². The molecule has 0 saturated carbocycles. The molecule has 1 heterocycles. The first-order valence-electron chi connectivity index (χ1n) is 8.83. The third-order valence-electron chi connectivity index (χ3n) is 4.20. The number of amides is 2. The van der Waals surface area contributed by atoms with Gasteiger partial charge in [-0.25, -0.2) is 0 Å². The van der Waals surface area contributed by atoms with E-state index in [1.165, 1.54) is 5.56 Å². The highest BCUT2D eigenvalue weighted by molar-refractivity contribution is 5.81. The lowest BCUT2D eigenvalue weighted by Gasteiger charge is -2.19. The first-order valence-corrected chi connectivity index (χ1v) is 8.83. The number of nitrogens with zero attached hydrogens (tertiary/aromatic N) is 2. The number of aromatic nitrogens is 2. The molecule has 140 valence electrons. The Kier molecular flexibility index (Phi) is 6.18. The van der Waals surface area contributed by atoms with Crippen LogP contribution in [-0.4, -0.2) is 21.6 Å². The van der Waals surface area contributed by atoms with Gasteiger partial charge in [-0.05, 0) is 42.9 Å². The summed E-state index contributed by atoms with van der Waals surface area (Å²) in [5.41, 5.74) is 9.13. The fourth-order valence-corrected chi connectivity index (χ4v) is 2.64. The lowest BCUT2D eigenvalue weighted by Crippen LogP contribution is -2.43. The molecule has 0 fully saturated rings. The Bertz CT molecular complexity index is 770. The monoisotopic (exact) mass is 356 g/mol. The molecule has 0 aliphatic rings. The standard InChI is InChI=1S/C20H28N4O2/c1-14-12-15(2)24(23-14)13-19(26)22-21-18(25)11-8-16-6-9-17(10-7-16)20(3,4)5/h6-7,9-10,12H,8,11,13H2,1-5H3,(H,21,25)(H,22,26). The van der Waals surface area contributed by atoms with E-state index in [-0.39, 0.29) is 23.8 Å². The summed E-state index contributed by atoms with van der Waals surface area (Å²) >= 11 is 0. The van der Waals surface area contributed by atoms with Crippen LogP contribution in [0.3, 0.4) is 0 Å². The molecule has 0 radical (unpaired) electrons. The summed E-state index contributed by atoms with van der Waals surface area (Å²) in [6.45, 7) is 10.3. The van der Waals surface area contributed by atoms with Crippen molar-refractivity contribution in [3.63, 3.8) is 0 Å². The second kappa shape index (κ2) is 8.17. The number of carbonyl (C=O) groups is 2. The zero-order chi connectivity index (χ0) is 19.3. The predicted octanol–water partition coefficient (Wildman–Crippen LogP) is 2.58. The van der Waals surface area contributed by atoms with E-state index in [1.807, 2.05) is 19.9 Å². The van der Waals surface area contributed by atoms with E-state index in [2.05, 4.69) is 61.0 Å². The summed E-state index contributed by atoms with van der Waals surface area (Å²) in [6, 6.07) is 10.2. The first-order chi connectivity index (χ1) is 12.1. The van der Waals surface area contributed by atoms with Gasteiger partial charge < -0.3 is 0 Å². The minimum absolute atomic E-state index is 0.0776. The molecule has 2 rings (SSSR count). The van der Waals surface area contributed by atoms with Crippen molar-refractivity contribution in [2.45, 2.75) is 59.4 Å². The summed E-state index contributed by atoms with van der Waals surface area (Å²) in [5, 5.41) is 4.22. The van der Waals surface area contributed by atoms with Gasteiger partial charge in [-0.3, -0.25) is 25.1 Å². The molecule has 1 aromatic heterocycles. The van der Waals surface area contributed by atoms with E-state index in [0.29, 0.717) is 12.8 Å². The average molecular weight is 356 g/mol. The Hall–Kier alpha value is -2.63. The minimum Gasteiger partial charge on any atom is -0.273 e. The highest BCUT2D eigenvalue weighted by atomic mass is 16.2. The normalized spacial score (nSPS) is 11.3. The maximum atomic E-state index is 11.9. The van der Waals surface area contributed by atoms with E-state index < -0.39 is 0 Å². The lowest BCUT2D eigenvalue weighted by atomic mass is 9.86. The van der Waals surface area contributed by atoms with E-state index in [1.54, 1.807) is 4.68 Å². The lowest BCUT2D eigenvalue weighted by molar-refractivity contribution is -0.129. The van der Waals surface area contributed by atoms with Gasteiger partial charge in [-0.15, -0.1) is 0 Å². The molecular weight excluding hydrogens is 328 g/mol. The number of hydrogen-bond donors (Lipinski definition) is 2. The molecule has 0 bridgehead atoms. The Morgan fingerprint density at radius 1 is 1.04 bits per heavy atom. The average Bonchev–Trinajstić information content (AvgIpc) is 2.88. The van der Waals surface area contributed by atoms with Gasteiger partial charge in [0.25, 0.3) is 5.91 Å². The molecule has 0 atom stereocenters. The van der Waals surface area contributed by atoms with Crippen LogP contribution < -0.4 is 10.9 Å². The van der Waals surface area contributed by atoms with E-state index in [0.717, 1.165) is 17.0 Å². The van der Waals surface area contributed by atoms with Crippen LogP contribution in [-0.2, 0) is 28.0 Å². The third-order valence-corrected chi connectivity index (χ3v) is 4.20. The van der Waals surface area contributed by atoms with Crippen LogP contribution in [0.5, 0.6) is 0 Å². The highest BCUT2D eigenvalue weighted by Gasteiger charge is 2.13. The molecule has 2 aromatic rings. The van der Waals surface area contributed by atoms with Crippen molar-refractivity contribution in [2.75, 3.05) is 0 Å². The van der Waals surface area contributed by atoms with Gasteiger partial charge >= 0.3 is 0 Å². The second-order valence-electron chi connectivity index (χ2n) is 7.63. The largest absolute Gasteiger partial charge is 0.273 e. The maximum absolute atomic E-state index is 11.9. The minimum atomic E-state index is -0.306. The number of aryl methyl sites for hydroxylation is 3. The van der Waals surface area contributed by atoms with Crippen molar-refractivity contribution in [3.8, 4) is 0 Å². The summed E-state index contributed by atoms with van der Waals surface area (Å²) in [5.74, 6) is -0.523.